The lowest BCUT2D eigenvalue weighted by Crippen LogP contribution is -2.14. The lowest BCUT2D eigenvalue weighted by Gasteiger charge is -2.11. The maximum atomic E-state index is 13.2. The molecule has 2 atom stereocenters. The van der Waals surface area contributed by atoms with Gasteiger partial charge in [-0.2, -0.15) is 0 Å². The Morgan fingerprint density at radius 1 is 1.53 bits per heavy atom. The fraction of sp³-hybridized carbons (Fsp3) is 0.455. The molecule has 1 saturated heterocycles. The van der Waals surface area contributed by atoms with Crippen molar-refractivity contribution in [1.29, 1.82) is 0 Å². The first-order chi connectivity index (χ1) is 7.20. The molecular weight excluding hydrogens is 217 g/mol. The third-order valence-electron chi connectivity index (χ3n) is 2.83. The van der Waals surface area contributed by atoms with Crippen LogP contribution in [0.25, 0.3) is 0 Å². The van der Waals surface area contributed by atoms with E-state index in [1.165, 1.54) is 6.07 Å². The minimum atomic E-state index is -0.386. The van der Waals surface area contributed by atoms with E-state index in [2.05, 4.69) is 5.32 Å². The Bertz CT molecular complexity index is 358. The molecule has 1 aliphatic heterocycles. The zero-order chi connectivity index (χ0) is 10.8. The second-order valence-electron chi connectivity index (χ2n) is 3.92. The van der Waals surface area contributed by atoms with Gasteiger partial charge in [-0.15, -0.1) is 0 Å². The molecule has 0 radical (unpaired) electrons. The second-order valence-corrected chi connectivity index (χ2v) is 4.33. The molecule has 1 aromatic carbocycles. The van der Waals surface area contributed by atoms with Gasteiger partial charge in [0.15, 0.2) is 0 Å². The minimum Gasteiger partial charge on any atom is -0.396 e. The van der Waals surface area contributed by atoms with Gasteiger partial charge in [-0.1, -0.05) is 17.7 Å². The molecule has 15 heavy (non-hydrogen) atoms. The van der Waals surface area contributed by atoms with Crippen LogP contribution in [0.1, 0.15) is 18.0 Å². The first-order valence-electron chi connectivity index (χ1n) is 5.00. The Labute approximate surface area is 93.1 Å². The van der Waals surface area contributed by atoms with Crippen molar-refractivity contribution >= 4 is 11.6 Å². The highest BCUT2D eigenvalue weighted by Gasteiger charge is 2.24. The van der Waals surface area contributed by atoms with E-state index in [4.69, 9.17) is 16.7 Å². The summed E-state index contributed by atoms with van der Waals surface area (Å²) in [6.07, 6.45) is 0.845. The molecule has 0 aliphatic carbocycles. The summed E-state index contributed by atoms with van der Waals surface area (Å²) < 4.78 is 13.2. The van der Waals surface area contributed by atoms with E-state index in [-0.39, 0.29) is 29.4 Å². The highest BCUT2D eigenvalue weighted by atomic mass is 35.5. The van der Waals surface area contributed by atoms with Gasteiger partial charge in [-0.25, -0.2) is 4.39 Å². The second kappa shape index (κ2) is 4.47. The largest absolute Gasteiger partial charge is 0.396 e. The third-order valence-corrected chi connectivity index (χ3v) is 3.13. The molecule has 2 N–H and O–H groups in total. The van der Waals surface area contributed by atoms with Gasteiger partial charge in [0.1, 0.15) is 5.82 Å². The monoisotopic (exact) mass is 229 g/mol. The van der Waals surface area contributed by atoms with E-state index in [1.807, 2.05) is 6.07 Å². The Kier molecular flexibility index (Phi) is 3.24. The molecule has 0 bridgehead atoms. The van der Waals surface area contributed by atoms with Crippen LogP contribution in [-0.4, -0.2) is 18.3 Å². The average molecular weight is 230 g/mol. The van der Waals surface area contributed by atoms with E-state index in [1.54, 1.807) is 6.07 Å². The average Bonchev–Trinajstić information content (AvgIpc) is 2.70. The summed E-state index contributed by atoms with van der Waals surface area (Å²) in [5, 5.41) is 12.4. The molecular formula is C11H13ClFNO. The summed E-state index contributed by atoms with van der Waals surface area (Å²) in [6, 6.07) is 4.98. The first kappa shape index (κ1) is 10.9. The number of rotatable bonds is 2. The van der Waals surface area contributed by atoms with Gasteiger partial charge in [0.2, 0.25) is 0 Å². The summed E-state index contributed by atoms with van der Waals surface area (Å²) in [7, 11) is 0. The van der Waals surface area contributed by atoms with Crippen molar-refractivity contribution in [2.75, 3.05) is 13.2 Å². The number of aliphatic hydroxyl groups excluding tert-OH is 1. The van der Waals surface area contributed by atoms with Crippen molar-refractivity contribution in [1.82, 2.24) is 5.32 Å². The third kappa shape index (κ3) is 2.30. The fourth-order valence-electron chi connectivity index (χ4n) is 1.93. The zero-order valence-electron chi connectivity index (χ0n) is 8.21. The fourth-order valence-corrected chi connectivity index (χ4v) is 2.05. The number of nitrogens with one attached hydrogen (secondary N) is 1. The number of benzene rings is 1. The molecule has 0 saturated carbocycles. The molecule has 4 heteroatoms. The Hall–Kier alpha value is -0.640. The molecule has 0 spiro atoms. The van der Waals surface area contributed by atoms with Crippen molar-refractivity contribution in [3.05, 3.63) is 34.6 Å². The van der Waals surface area contributed by atoms with Gasteiger partial charge in [0, 0.05) is 19.2 Å². The van der Waals surface area contributed by atoms with Crippen molar-refractivity contribution in [3.63, 3.8) is 0 Å². The summed E-state index contributed by atoms with van der Waals surface area (Å²) in [5.41, 5.74) is 0.896. The van der Waals surface area contributed by atoms with Crippen LogP contribution in [0, 0.1) is 11.7 Å². The van der Waals surface area contributed by atoms with Gasteiger partial charge >= 0.3 is 0 Å². The summed E-state index contributed by atoms with van der Waals surface area (Å²) in [4.78, 5) is 0. The van der Waals surface area contributed by atoms with Crippen LogP contribution in [-0.2, 0) is 0 Å². The first-order valence-corrected chi connectivity index (χ1v) is 5.37. The van der Waals surface area contributed by atoms with E-state index >= 15 is 0 Å². The quantitative estimate of drug-likeness (QED) is 0.814. The molecule has 0 aromatic heterocycles. The molecule has 1 aliphatic rings. The number of hydrogen-bond acceptors (Lipinski definition) is 2. The lowest BCUT2D eigenvalue weighted by molar-refractivity contribution is 0.236. The van der Waals surface area contributed by atoms with Gasteiger partial charge in [0.25, 0.3) is 0 Å². The van der Waals surface area contributed by atoms with E-state index in [0.29, 0.717) is 0 Å². The lowest BCUT2D eigenvalue weighted by atomic mass is 10.0. The predicted octanol–water partition coefficient (Wildman–Crippen LogP) is 2.12. The van der Waals surface area contributed by atoms with Crippen LogP contribution in [0.15, 0.2) is 18.2 Å². The van der Waals surface area contributed by atoms with Crippen LogP contribution in [0.3, 0.4) is 0 Å². The number of hydrogen-bond donors (Lipinski definition) is 2. The summed E-state index contributed by atoms with van der Waals surface area (Å²) >= 11 is 5.61. The summed E-state index contributed by atoms with van der Waals surface area (Å²) in [6.45, 7) is 0.963. The van der Waals surface area contributed by atoms with Crippen LogP contribution in [0.4, 0.5) is 4.39 Å². The van der Waals surface area contributed by atoms with Crippen molar-refractivity contribution in [2.45, 2.75) is 12.5 Å². The molecule has 82 valence electrons. The van der Waals surface area contributed by atoms with E-state index in [0.717, 1.165) is 18.5 Å². The number of halogens is 2. The van der Waals surface area contributed by atoms with Gasteiger partial charge in [-0.05, 0) is 30.0 Å². The van der Waals surface area contributed by atoms with Gasteiger partial charge in [0.05, 0.1) is 5.02 Å². The topological polar surface area (TPSA) is 32.3 Å². The Morgan fingerprint density at radius 3 is 2.93 bits per heavy atom. The van der Waals surface area contributed by atoms with Crippen LogP contribution < -0.4 is 5.32 Å². The predicted molar refractivity (Wildman–Crippen MR) is 57.3 cm³/mol. The smallest absolute Gasteiger partial charge is 0.142 e. The Balaban J connectivity index is 2.13. The van der Waals surface area contributed by atoms with Crippen molar-refractivity contribution < 1.29 is 9.50 Å². The number of aliphatic hydroxyl groups is 1. The van der Waals surface area contributed by atoms with Gasteiger partial charge < -0.3 is 10.4 Å². The van der Waals surface area contributed by atoms with E-state index < -0.39 is 0 Å². The normalized spacial score (nSPS) is 25.8. The van der Waals surface area contributed by atoms with E-state index in [9.17, 15) is 4.39 Å². The maximum absolute atomic E-state index is 13.2. The summed E-state index contributed by atoms with van der Waals surface area (Å²) in [5.74, 6) is -0.114. The Morgan fingerprint density at radius 2 is 2.33 bits per heavy atom. The van der Waals surface area contributed by atoms with Crippen LogP contribution in [0.5, 0.6) is 0 Å². The van der Waals surface area contributed by atoms with Crippen molar-refractivity contribution in [3.8, 4) is 0 Å². The molecule has 1 heterocycles. The minimum absolute atomic E-state index is 0.133. The van der Waals surface area contributed by atoms with Crippen molar-refractivity contribution in [2.24, 2.45) is 5.92 Å². The maximum Gasteiger partial charge on any atom is 0.142 e. The molecule has 1 fully saturated rings. The SMILES string of the molecule is OCC1CNC(c2ccc(Cl)c(F)c2)C1. The van der Waals surface area contributed by atoms with Crippen LogP contribution in [0.2, 0.25) is 5.02 Å². The molecule has 1 aromatic rings. The molecule has 2 unspecified atom stereocenters. The van der Waals surface area contributed by atoms with Gasteiger partial charge in [-0.3, -0.25) is 0 Å². The highest BCUT2D eigenvalue weighted by Crippen LogP contribution is 2.28. The van der Waals surface area contributed by atoms with Crippen LogP contribution >= 0.6 is 11.6 Å². The molecule has 2 nitrogen and oxygen atoms in total. The zero-order valence-corrected chi connectivity index (χ0v) is 8.97. The molecule has 0 amide bonds. The molecule has 2 rings (SSSR count). The standard InChI is InChI=1S/C11H13ClFNO/c12-9-2-1-8(4-10(9)13)11-3-7(6-15)5-14-11/h1-2,4,7,11,14-15H,3,5-6H2. The highest BCUT2D eigenvalue weighted by molar-refractivity contribution is 6.30.